The van der Waals surface area contributed by atoms with Crippen molar-refractivity contribution in [3.63, 3.8) is 0 Å². The molecule has 0 unspecified atom stereocenters. The zero-order valence-corrected chi connectivity index (χ0v) is 34.9. The molecule has 0 bridgehead atoms. The number of aromatic nitrogens is 4. The molecule has 1 aliphatic rings. The first-order chi connectivity index (χ1) is 31.0. The monoisotopic (exact) mass is 804 g/mol. The van der Waals surface area contributed by atoms with Crippen LogP contribution in [0.5, 0.6) is 0 Å². The fourth-order valence-corrected chi connectivity index (χ4v) is 9.87. The molecule has 63 heavy (non-hydrogen) atoms. The van der Waals surface area contributed by atoms with Gasteiger partial charge in [-0.15, -0.1) is 0 Å². The molecule has 0 atom stereocenters. The Labute approximate surface area is 366 Å². The minimum Gasteiger partial charge on any atom is -0.247 e. The Morgan fingerprint density at radius 1 is 0.302 bits per heavy atom. The van der Waals surface area contributed by atoms with Crippen LogP contribution in [0.3, 0.4) is 0 Å². The normalized spacial score (nSPS) is 12.7. The largest absolute Gasteiger partial charge is 0.247 e. The Hall–Kier alpha value is -8.08. The molecular weight excluding hydrogens is 765 g/mol. The van der Waals surface area contributed by atoms with Gasteiger partial charge in [0.25, 0.3) is 0 Å². The summed E-state index contributed by atoms with van der Waals surface area (Å²) in [5, 5.41) is 5.78. The van der Waals surface area contributed by atoms with Crippen LogP contribution in [-0.4, -0.2) is 19.9 Å². The zero-order valence-electron chi connectivity index (χ0n) is 34.9. The van der Waals surface area contributed by atoms with Crippen LogP contribution in [0.15, 0.2) is 206 Å². The summed E-state index contributed by atoms with van der Waals surface area (Å²) >= 11 is 0. The molecule has 0 radical (unpaired) electrons. The van der Waals surface area contributed by atoms with Crippen LogP contribution in [-0.2, 0) is 5.41 Å². The van der Waals surface area contributed by atoms with E-state index in [-0.39, 0.29) is 5.41 Å². The molecule has 9 aromatic carbocycles. The van der Waals surface area contributed by atoms with Crippen molar-refractivity contribution in [2.75, 3.05) is 0 Å². The van der Waals surface area contributed by atoms with Gasteiger partial charge in [-0.2, -0.15) is 0 Å². The minimum atomic E-state index is -0.140. The Morgan fingerprint density at radius 2 is 0.778 bits per heavy atom. The van der Waals surface area contributed by atoms with Gasteiger partial charge in [0.05, 0.1) is 11.2 Å². The van der Waals surface area contributed by atoms with Crippen molar-refractivity contribution in [3.8, 4) is 78.8 Å². The summed E-state index contributed by atoms with van der Waals surface area (Å²) in [5.41, 5.74) is 15.4. The molecule has 0 aliphatic heterocycles. The van der Waals surface area contributed by atoms with Crippen LogP contribution in [0, 0.1) is 0 Å². The van der Waals surface area contributed by atoms with Crippen molar-refractivity contribution in [3.05, 3.63) is 217 Å². The molecule has 0 fully saturated rings. The summed E-state index contributed by atoms with van der Waals surface area (Å²) in [4.78, 5) is 20.9. The third-order valence-corrected chi connectivity index (χ3v) is 12.9. The molecule has 4 nitrogen and oxygen atoms in total. The number of benzene rings is 9. The average Bonchev–Trinajstić information content (AvgIpc) is 3.59. The van der Waals surface area contributed by atoms with Crippen molar-refractivity contribution >= 4 is 32.4 Å². The number of rotatable bonds is 6. The van der Waals surface area contributed by atoms with Gasteiger partial charge in [0.2, 0.25) is 0 Å². The van der Waals surface area contributed by atoms with Crippen molar-refractivity contribution in [1.29, 1.82) is 0 Å². The number of para-hydroxylation sites is 1. The van der Waals surface area contributed by atoms with E-state index in [1.165, 1.54) is 33.2 Å². The summed E-state index contributed by atoms with van der Waals surface area (Å²) in [6.45, 7) is 4.68. The summed E-state index contributed by atoms with van der Waals surface area (Å²) in [6, 6.07) is 73.3. The van der Waals surface area contributed by atoms with E-state index in [1.807, 2.05) is 36.4 Å². The fraction of sp³-hybridized carbons (Fsp3) is 0.0508. The number of nitrogens with zero attached hydrogens (tertiary/aromatic N) is 4. The van der Waals surface area contributed by atoms with Gasteiger partial charge in [0.15, 0.2) is 17.5 Å². The Bertz CT molecular complexity index is 3540. The van der Waals surface area contributed by atoms with Crippen LogP contribution in [0.4, 0.5) is 0 Å². The smallest absolute Gasteiger partial charge is 0.164 e. The number of fused-ring (bicyclic) bond motifs is 7. The predicted molar refractivity (Wildman–Crippen MR) is 260 cm³/mol. The predicted octanol–water partition coefficient (Wildman–Crippen LogP) is 15.0. The van der Waals surface area contributed by atoms with E-state index in [9.17, 15) is 0 Å². The van der Waals surface area contributed by atoms with Crippen molar-refractivity contribution in [2.45, 2.75) is 19.3 Å². The second kappa shape index (κ2) is 14.5. The van der Waals surface area contributed by atoms with E-state index < -0.39 is 0 Å². The average molecular weight is 805 g/mol. The number of hydrogen-bond donors (Lipinski definition) is 0. The standard InChI is InChI=1S/C59H40N4/c1-59(2)51-29-15-13-27-50(51)54-43(28-17-30-52(54)59)40-34-39(35-41(36-40)58-62-56(37-18-5-3-6-19-37)61-57(63-58)38-20-7-4-8-21-38)42-32-33-49(45-23-10-9-22-44(42)45)55-48-26-12-11-24-46(48)47-25-14-16-31-53(47)60-55/h3-36H,1-2H3. The lowest BCUT2D eigenvalue weighted by Crippen LogP contribution is -2.14. The lowest BCUT2D eigenvalue weighted by molar-refractivity contribution is 0.660. The second-order valence-corrected chi connectivity index (χ2v) is 17.0. The van der Waals surface area contributed by atoms with E-state index in [4.69, 9.17) is 19.9 Å². The molecule has 296 valence electrons. The van der Waals surface area contributed by atoms with Gasteiger partial charge >= 0.3 is 0 Å². The fourth-order valence-electron chi connectivity index (χ4n) is 9.87. The maximum atomic E-state index is 5.34. The van der Waals surface area contributed by atoms with Crippen LogP contribution in [0.1, 0.15) is 25.0 Å². The Morgan fingerprint density at radius 3 is 1.48 bits per heavy atom. The Kier molecular flexibility index (Phi) is 8.48. The first-order valence-electron chi connectivity index (χ1n) is 21.6. The SMILES string of the molecule is CC1(C)c2ccccc2-c2c(-c3cc(-c4nc(-c5ccccc5)nc(-c5ccccc5)n4)cc(-c4ccc(-c5nc6ccccc6c6ccccc56)c5ccccc45)c3)cccc21. The van der Waals surface area contributed by atoms with E-state index in [2.05, 4.69) is 184 Å². The zero-order chi connectivity index (χ0) is 42.1. The molecule has 2 heterocycles. The highest BCUT2D eigenvalue weighted by Crippen LogP contribution is 2.52. The van der Waals surface area contributed by atoms with Gasteiger partial charge in [-0.3, -0.25) is 0 Å². The molecule has 4 heteroatoms. The number of hydrogen-bond acceptors (Lipinski definition) is 4. The third-order valence-electron chi connectivity index (χ3n) is 12.9. The lowest BCUT2D eigenvalue weighted by Gasteiger charge is -2.21. The molecule has 0 saturated carbocycles. The van der Waals surface area contributed by atoms with Gasteiger partial charge in [0, 0.05) is 38.4 Å². The van der Waals surface area contributed by atoms with Crippen molar-refractivity contribution in [1.82, 2.24) is 19.9 Å². The second-order valence-electron chi connectivity index (χ2n) is 17.0. The van der Waals surface area contributed by atoms with Crippen LogP contribution < -0.4 is 0 Å². The van der Waals surface area contributed by atoms with Crippen LogP contribution in [0.25, 0.3) is 111 Å². The molecular formula is C59H40N4. The molecule has 0 N–H and O–H groups in total. The molecule has 0 saturated heterocycles. The van der Waals surface area contributed by atoms with Gasteiger partial charge in [-0.05, 0) is 84.9 Å². The number of pyridine rings is 1. The maximum absolute atomic E-state index is 5.34. The van der Waals surface area contributed by atoms with Gasteiger partial charge < -0.3 is 0 Å². The molecule has 11 aromatic rings. The highest BCUT2D eigenvalue weighted by atomic mass is 15.0. The highest BCUT2D eigenvalue weighted by molar-refractivity contribution is 6.15. The molecule has 12 rings (SSSR count). The first-order valence-corrected chi connectivity index (χ1v) is 21.6. The first kappa shape index (κ1) is 36.7. The van der Waals surface area contributed by atoms with Gasteiger partial charge in [-0.25, -0.2) is 19.9 Å². The van der Waals surface area contributed by atoms with Crippen molar-refractivity contribution < 1.29 is 0 Å². The summed E-state index contributed by atoms with van der Waals surface area (Å²) in [5.74, 6) is 1.88. The van der Waals surface area contributed by atoms with Crippen LogP contribution >= 0.6 is 0 Å². The maximum Gasteiger partial charge on any atom is 0.164 e. The Balaban J connectivity index is 1.12. The molecule has 1 aliphatic carbocycles. The summed E-state index contributed by atoms with van der Waals surface area (Å²) in [7, 11) is 0. The summed E-state index contributed by atoms with van der Waals surface area (Å²) in [6.07, 6.45) is 0. The summed E-state index contributed by atoms with van der Waals surface area (Å²) < 4.78 is 0. The van der Waals surface area contributed by atoms with Gasteiger partial charge in [-0.1, -0.05) is 196 Å². The lowest BCUT2D eigenvalue weighted by atomic mass is 9.82. The van der Waals surface area contributed by atoms with E-state index in [0.717, 1.165) is 71.7 Å². The highest BCUT2D eigenvalue weighted by Gasteiger charge is 2.36. The van der Waals surface area contributed by atoms with Gasteiger partial charge in [0.1, 0.15) is 0 Å². The van der Waals surface area contributed by atoms with E-state index in [1.54, 1.807) is 0 Å². The molecule has 0 amide bonds. The van der Waals surface area contributed by atoms with E-state index >= 15 is 0 Å². The van der Waals surface area contributed by atoms with Crippen LogP contribution in [0.2, 0.25) is 0 Å². The topological polar surface area (TPSA) is 51.6 Å². The van der Waals surface area contributed by atoms with Crippen molar-refractivity contribution in [2.24, 2.45) is 0 Å². The quantitative estimate of drug-likeness (QED) is 0.157. The third kappa shape index (κ3) is 6.06. The minimum absolute atomic E-state index is 0.140. The molecule has 2 aromatic heterocycles. The van der Waals surface area contributed by atoms with E-state index in [0.29, 0.717) is 17.5 Å². The molecule has 0 spiro atoms.